The molecule has 0 saturated carbocycles. The first-order valence-electron chi connectivity index (χ1n) is 9.70. The van der Waals surface area contributed by atoms with Gasteiger partial charge in [-0.05, 0) is 38.4 Å². The number of carbonyl (C=O) groups is 2. The van der Waals surface area contributed by atoms with Gasteiger partial charge in [-0.2, -0.15) is 0 Å². The maximum absolute atomic E-state index is 13.5. The van der Waals surface area contributed by atoms with E-state index >= 15 is 0 Å². The molecule has 0 spiro atoms. The summed E-state index contributed by atoms with van der Waals surface area (Å²) in [5.74, 6) is -0.402. The molecule has 1 unspecified atom stereocenters. The van der Waals surface area contributed by atoms with Crippen molar-refractivity contribution >= 4 is 56.6 Å². The molecule has 0 radical (unpaired) electrons. The van der Waals surface area contributed by atoms with Crippen LogP contribution in [0.5, 0.6) is 0 Å². The molecule has 6 nitrogen and oxygen atoms in total. The number of carbonyl (C=O) groups excluding carboxylic acids is 2. The van der Waals surface area contributed by atoms with E-state index in [4.69, 9.17) is 0 Å². The molecule has 2 amide bonds. The average Bonchev–Trinajstić information content (AvgIpc) is 3.32. The van der Waals surface area contributed by atoms with E-state index in [2.05, 4.69) is 4.98 Å². The quantitative estimate of drug-likeness (QED) is 0.582. The van der Waals surface area contributed by atoms with Crippen molar-refractivity contribution in [1.29, 1.82) is 0 Å². The largest absolute Gasteiger partial charge is 0.312 e. The Labute approximate surface area is 186 Å². The van der Waals surface area contributed by atoms with Gasteiger partial charge < -0.3 is 9.80 Å². The highest BCUT2D eigenvalue weighted by Crippen LogP contribution is 2.32. The fourth-order valence-electron chi connectivity index (χ4n) is 3.53. The molecule has 1 aliphatic rings. The Bertz CT molecular complexity index is 991. The van der Waals surface area contributed by atoms with Crippen molar-refractivity contribution in [1.82, 2.24) is 9.88 Å². The fraction of sp³-hybridized carbons (Fsp3) is 0.318. The van der Waals surface area contributed by atoms with Crippen molar-refractivity contribution < 1.29 is 9.59 Å². The number of rotatable bonds is 6. The lowest BCUT2D eigenvalue weighted by atomic mass is 10.1. The molecule has 1 saturated heterocycles. The highest BCUT2D eigenvalue weighted by molar-refractivity contribution is 7.22. The Balaban J connectivity index is 0.00000256. The number of hydrogen-bond acceptors (Lipinski definition) is 5. The zero-order chi connectivity index (χ0) is 20.4. The standard InChI is InChI=1S/C22H24N4O2S.ClH/c1-24(2)12-13-25(22-23-18-10-6-7-11-19(18)29-22)21(28)16-14-20(27)26(15-16)17-8-4-3-5-9-17;/h3-11,16H,12-15H2,1-2H3;1H. The first kappa shape index (κ1) is 22.2. The molecule has 8 heteroatoms. The predicted octanol–water partition coefficient (Wildman–Crippen LogP) is 3.67. The van der Waals surface area contributed by atoms with Gasteiger partial charge in [-0.1, -0.05) is 41.7 Å². The maximum atomic E-state index is 13.5. The van der Waals surface area contributed by atoms with Crippen molar-refractivity contribution in [2.24, 2.45) is 5.92 Å². The van der Waals surface area contributed by atoms with Crippen LogP contribution >= 0.6 is 23.7 Å². The molecular formula is C22H25ClN4O2S. The van der Waals surface area contributed by atoms with E-state index < -0.39 is 0 Å². The van der Waals surface area contributed by atoms with Crippen molar-refractivity contribution in [2.45, 2.75) is 6.42 Å². The maximum Gasteiger partial charge on any atom is 0.234 e. The predicted molar refractivity (Wildman–Crippen MR) is 125 cm³/mol. The molecule has 30 heavy (non-hydrogen) atoms. The van der Waals surface area contributed by atoms with E-state index in [1.165, 1.54) is 11.3 Å². The van der Waals surface area contributed by atoms with Gasteiger partial charge in [0.05, 0.1) is 16.1 Å². The molecule has 0 N–H and O–H groups in total. The van der Waals surface area contributed by atoms with Gasteiger partial charge in [-0.15, -0.1) is 12.4 Å². The molecule has 2 aromatic carbocycles. The van der Waals surface area contributed by atoms with Gasteiger partial charge in [0, 0.05) is 31.7 Å². The van der Waals surface area contributed by atoms with Crippen LogP contribution in [0.4, 0.5) is 10.8 Å². The number of fused-ring (bicyclic) bond motifs is 1. The molecule has 1 aliphatic heterocycles. The van der Waals surface area contributed by atoms with Crippen molar-refractivity contribution in [3.63, 3.8) is 0 Å². The van der Waals surface area contributed by atoms with E-state index in [1.807, 2.05) is 73.6 Å². The summed E-state index contributed by atoms with van der Waals surface area (Å²) < 4.78 is 1.05. The number of benzene rings is 2. The van der Waals surface area contributed by atoms with E-state index in [0.29, 0.717) is 18.2 Å². The highest BCUT2D eigenvalue weighted by atomic mass is 35.5. The van der Waals surface area contributed by atoms with E-state index in [-0.39, 0.29) is 36.6 Å². The Kier molecular flexibility index (Phi) is 7.07. The summed E-state index contributed by atoms with van der Waals surface area (Å²) in [5, 5.41) is 0.698. The number of nitrogens with zero attached hydrogens (tertiary/aromatic N) is 4. The normalized spacial score (nSPS) is 16.2. The minimum absolute atomic E-state index is 0. The van der Waals surface area contributed by atoms with Crippen LogP contribution in [0.25, 0.3) is 10.2 Å². The molecule has 1 atom stereocenters. The van der Waals surface area contributed by atoms with Crippen LogP contribution in [0.3, 0.4) is 0 Å². The molecule has 4 rings (SSSR count). The van der Waals surface area contributed by atoms with E-state index in [0.717, 1.165) is 22.4 Å². The van der Waals surface area contributed by atoms with Gasteiger partial charge in [0.1, 0.15) is 0 Å². The number of halogens is 1. The Morgan fingerprint density at radius 1 is 1.10 bits per heavy atom. The minimum Gasteiger partial charge on any atom is -0.312 e. The zero-order valence-corrected chi connectivity index (χ0v) is 18.7. The topological polar surface area (TPSA) is 56.8 Å². The minimum atomic E-state index is -0.364. The number of hydrogen-bond donors (Lipinski definition) is 0. The summed E-state index contributed by atoms with van der Waals surface area (Å²) in [7, 11) is 3.97. The Hall–Kier alpha value is -2.48. The first-order valence-corrected chi connectivity index (χ1v) is 10.5. The van der Waals surface area contributed by atoms with Crippen LogP contribution in [-0.4, -0.2) is 55.4 Å². The molecule has 158 valence electrons. The number of anilines is 2. The highest BCUT2D eigenvalue weighted by Gasteiger charge is 2.38. The van der Waals surface area contributed by atoms with Crippen LogP contribution in [0.1, 0.15) is 6.42 Å². The second-order valence-corrected chi connectivity index (χ2v) is 8.51. The van der Waals surface area contributed by atoms with Gasteiger partial charge in [0.2, 0.25) is 11.8 Å². The molecule has 3 aromatic rings. The van der Waals surface area contributed by atoms with Gasteiger partial charge in [-0.3, -0.25) is 14.5 Å². The zero-order valence-electron chi connectivity index (χ0n) is 17.0. The van der Waals surface area contributed by atoms with Crippen LogP contribution in [0.15, 0.2) is 54.6 Å². The number of para-hydroxylation sites is 2. The second kappa shape index (κ2) is 9.55. The summed E-state index contributed by atoms with van der Waals surface area (Å²) in [4.78, 5) is 36.2. The third-order valence-corrected chi connectivity index (χ3v) is 6.15. The fourth-order valence-corrected chi connectivity index (χ4v) is 4.52. The molecular weight excluding hydrogens is 420 g/mol. The van der Waals surface area contributed by atoms with E-state index in [1.54, 1.807) is 9.80 Å². The second-order valence-electron chi connectivity index (χ2n) is 7.50. The Morgan fingerprint density at radius 2 is 1.80 bits per heavy atom. The van der Waals surface area contributed by atoms with Crippen LogP contribution in [0, 0.1) is 5.92 Å². The van der Waals surface area contributed by atoms with Gasteiger partial charge in [-0.25, -0.2) is 4.98 Å². The van der Waals surface area contributed by atoms with Crippen molar-refractivity contribution in [3.05, 3.63) is 54.6 Å². The molecule has 1 aromatic heterocycles. The summed E-state index contributed by atoms with van der Waals surface area (Å²) in [6.07, 6.45) is 0.233. The van der Waals surface area contributed by atoms with Crippen molar-refractivity contribution in [3.8, 4) is 0 Å². The lowest BCUT2D eigenvalue weighted by Gasteiger charge is -2.24. The summed E-state index contributed by atoms with van der Waals surface area (Å²) in [6.45, 7) is 1.68. The van der Waals surface area contributed by atoms with E-state index in [9.17, 15) is 9.59 Å². The molecule has 2 heterocycles. The third kappa shape index (κ3) is 4.64. The van der Waals surface area contributed by atoms with Gasteiger partial charge in [0.25, 0.3) is 0 Å². The monoisotopic (exact) mass is 444 g/mol. The summed E-state index contributed by atoms with van der Waals surface area (Å²) in [5.41, 5.74) is 1.73. The first-order chi connectivity index (χ1) is 14.0. The van der Waals surface area contributed by atoms with Crippen LogP contribution in [0.2, 0.25) is 0 Å². The Morgan fingerprint density at radius 3 is 2.50 bits per heavy atom. The molecule has 0 bridgehead atoms. The van der Waals surface area contributed by atoms with Crippen molar-refractivity contribution in [2.75, 3.05) is 43.5 Å². The summed E-state index contributed by atoms with van der Waals surface area (Å²) in [6, 6.07) is 17.4. The number of likely N-dealkylation sites (N-methyl/N-ethyl adjacent to an activating group) is 1. The summed E-state index contributed by atoms with van der Waals surface area (Å²) >= 11 is 1.52. The number of thiazole rings is 1. The molecule has 0 aliphatic carbocycles. The SMILES string of the molecule is CN(C)CCN(C(=O)C1CC(=O)N(c2ccccc2)C1)c1nc2ccccc2s1.Cl. The number of aromatic nitrogens is 1. The smallest absolute Gasteiger partial charge is 0.234 e. The average molecular weight is 445 g/mol. The van der Waals surface area contributed by atoms with Crippen LogP contribution < -0.4 is 9.80 Å². The number of amides is 2. The van der Waals surface area contributed by atoms with Gasteiger partial charge >= 0.3 is 0 Å². The lowest BCUT2D eigenvalue weighted by molar-refractivity contribution is -0.124. The van der Waals surface area contributed by atoms with Crippen LogP contribution in [-0.2, 0) is 9.59 Å². The lowest BCUT2D eigenvalue weighted by Crippen LogP contribution is -2.41. The van der Waals surface area contributed by atoms with Gasteiger partial charge in [0.15, 0.2) is 5.13 Å². The molecule has 1 fully saturated rings. The third-order valence-electron chi connectivity index (χ3n) is 5.09.